The Hall–Kier alpha value is -2.38. The maximum Gasteiger partial charge on any atom is 0.274 e. The number of ether oxygens (including phenoxy) is 1. The van der Waals surface area contributed by atoms with E-state index in [4.69, 9.17) is 4.74 Å². The number of hydrogen-bond donors (Lipinski definition) is 0. The summed E-state index contributed by atoms with van der Waals surface area (Å²) in [5.74, 6) is 0.275. The third-order valence-electron chi connectivity index (χ3n) is 5.42. The van der Waals surface area contributed by atoms with E-state index < -0.39 is 0 Å². The molecule has 4 rings (SSSR count). The quantitative estimate of drug-likeness (QED) is 0.823. The van der Waals surface area contributed by atoms with Gasteiger partial charge in [-0.1, -0.05) is 6.07 Å². The number of hydrogen-bond acceptors (Lipinski definition) is 6. The molecule has 2 aliphatic rings. The summed E-state index contributed by atoms with van der Waals surface area (Å²) < 4.78 is 5.73. The SMILES string of the molecule is CO[C@H]1CCN(C(=O)c2cnccn2)[C@@H]2CN(Cc3cccnc3)C[C@H]12. The third kappa shape index (κ3) is 3.32. The smallest absolute Gasteiger partial charge is 0.274 e. The molecule has 2 aromatic heterocycles. The van der Waals surface area contributed by atoms with Gasteiger partial charge in [-0.2, -0.15) is 0 Å². The number of pyridine rings is 1. The van der Waals surface area contributed by atoms with Crippen molar-refractivity contribution in [3.8, 4) is 0 Å². The zero-order valence-corrected chi connectivity index (χ0v) is 14.9. The van der Waals surface area contributed by atoms with E-state index in [0.29, 0.717) is 18.2 Å². The van der Waals surface area contributed by atoms with E-state index in [1.54, 1.807) is 31.9 Å². The van der Waals surface area contributed by atoms with Crippen LogP contribution < -0.4 is 0 Å². The third-order valence-corrected chi connectivity index (χ3v) is 5.42. The molecule has 0 N–H and O–H groups in total. The molecule has 2 aromatic rings. The topological polar surface area (TPSA) is 71.5 Å². The van der Waals surface area contributed by atoms with Crippen molar-refractivity contribution in [2.75, 3.05) is 26.7 Å². The maximum absolute atomic E-state index is 13.0. The first-order chi connectivity index (χ1) is 12.8. The minimum atomic E-state index is -0.0362. The summed E-state index contributed by atoms with van der Waals surface area (Å²) in [6, 6.07) is 4.19. The number of nitrogens with zero attached hydrogens (tertiary/aromatic N) is 5. The zero-order chi connectivity index (χ0) is 17.9. The molecule has 26 heavy (non-hydrogen) atoms. The number of likely N-dealkylation sites (tertiary alicyclic amines) is 2. The normalized spacial score (nSPS) is 25.9. The van der Waals surface area contributed by atoms with Crippen molar-refractivity contribution >= 4 is 5.91 Å². The summed E-state index contributed by atoms with van der Waals surface area (Å²) >= 11 is 0. The molecule has 1 amide bonds. The summed E-state index contributed by atoms with van der Waals surface area (Å²) in [6.07, 6.45) is 9.42. The van der Waals surface area contributed by atoms with Gasteiger partial charge >= 0.3 is 0 Å². The Balaban J connectivity index is 1.53. The Morgan fingerprint density at radius 2 is 2.12 bits per heavy atom. The van der Waals surface area contributed by atoms with Crippen LogP contribution in [0.1, 0.15) is 22.5 Å². The van der Waals surface area contributed by atoms with Crippen LogP contribution in [0.5, 0.6) is 0 Å². The molecule has 2 saturated heterocycles. The van der Waals surface area contributed by atoms with Gasteiger partial charge in [0.2, 0.25) is 0 Å². The van der Waals surface area contributed by atoms with Gasteiger partial charge in [0.1, 0.15) is 5.69 Å². The minimum Gasteiger partial charge on any atom is -0.381 e. The lowest BCUT2D eigenvalue weighted by molar-refractivity contribution is -0.0158. The second-order valence-corrected chi connectivity index (χ2v) is 6.94. The molecule has 2 aliphatic heterocycles. The van der Waals surface area contributed by atoms with Crippen molar-refractivity contribution in [2.45, 2.75) is 25.1 Å². The summed E-state index contributed by atoms with van der Waals surface area (Å²) in [7, 11) is 1.77. The summed E-state index contributed by atoms with van der Waals surface area (Å²) in [4.78, 5) is 29.7. The van der Waals surface area contributed by atoms with Crippen LogP contribution in [0.15, 0.2) is 43.1 Å². The van der Waals surface area contributed by atoms with Crippen molar-refractivity contribution in [3.63, 3.8) is 0 Å². The monoisotopic (exact) mass is 353 g/mol. The molecule has 0 bridgehead atoms. The number of carbonyl (C=O) groups is 1. The van der Waals surface area contributed by atoms with Gasteiger partial charge < -0.3 is 9.64 Å². The standard InChI is InChI=1S/C19H23N5O2/c1-26-18-4-8-24(19(25)16-10-21-6-7-22-16)17-13-23(12-15(17)18)11-14-3-2-5-20-9-14/h2-3,5-7,9-10,15,17-18H,4,8,11-13H2,1H3/t15-,17+,18-/m0/s1. The van der Waals surface area contributed by atoms with Gasteiger partial charge in [0.05, 0.1) is 18.3 Å². The first-order valence-corrected chi connectivity index (χ1v) is 8.97. The van der Waals surface area contributed by atoms with Gasteiger partial charge in [-0.15, -0.1) is 0 Å². The molecular formula is C19H23N5O2. The van der Waals surface area contributed by atoms with Gasteiger partial charge in [0.25, 0.3) is 5.91 Å². The molecule has 0 aromatic carbocycles. The number of piperidine rings is 1. The number of carbonyl (C=O) groups excluding carboxylic acids is 1. The number of aromatic nitrogens is 3. The first kappa shape index (κ1) is 17.1. The highest BCUT2D eigenvalue weighted by Gasteiger charge is 2.46. The molecule has 0 saturated carbocycles. The van der Waals surface area contributed by atoms with Crippen LogP contribution in [0.3, 0.4) is 0 Å². The van der Waals surface area contributed by atoms with E-state index in [9.17, 15) is 4.79 Å². The van der Waals surface area contributed by atoms with Gasteiger partial charge in [-0.25, -0.2) is 4.98 Å². The van der Waals surface area contributed by atoms with E-state index in [2.05, 4.69) is 25.9 Å². The molecule has 136 valence electrons. The zero-order valence-electron chi connectivity index (χ0n) is 14.9. The Labute approximate surface area is 153 Å². The van der Waals surface area contributed by atoms with Crippen LogP contribution in [-0.2, 0) is 11.3 Å². The molecule has 0 spiro atoms. The highest BCUT2D eigenvalue weighted by Crippen LogP contribution is 2.33. The van der Waals surface area contributed by atoms with Crippen molar-refractivity contribution in [1.29, 1.82) is 0 Å². The second kappa shape index (κ2) is 7.47. The van der Waals surface area contributed by atoms with Crippen LogP contribution >= 0.6 is 0 Å². The number of methoxy groups -OCH3 is 1. The van der Waals surface area contributed by atoms with E-state index in [-0.39, 0.29) is 18.1 Å². The highest BCUT2D eigenvalue weighted by molar-refractivity contribution is 5.92. The van der Waals surface area contributed by atoms with Crippen molar-refractivity contribution in [2.24, 2.45) is 5.92 Å². The summed E-state index contributed by atoms with van der Waals surface area (Å²) in [5.41, 5.74) is 1.60. The van der Waals surface area contributed by atoms with E-state index in [1.807, 2.05) is 17.2 Å². The Bertz CT molecular complexity index is 742. The fourth-order valence-corrected chi connectivity index (χ4v) is 4.22. The second-order valence-electron chi connectivity index (χ2n) is 6.94. The van der Waals surface area contributed by atoms with E-state index >= 15 is 0 Å². The number of rotatable bonds is 4. The lowest BCUT2D eigenvalue weighted by Crippen LogP contribution is -2.53. The lowest BCUT2D eigenvalue weighted by Gasteiger charge is -2.40. The highest BCUT2D eigenvalue weighted by atomic mass is 16.5. The van der Waals surface area contributed by atoms with Crippen molar-refractivity contribution < 1.29 is 9.53 Å². The van der Waals surface area contributed by atoms with Crippen molar-refractivity contribution in [3.05, 3.63) is 54.4 Å². The van der Waals surface area contributed by atoms with Gasteiger partial charge in [0, 0.05) is 64.0 Å². The fourth-order valence-electron chi connectivity index (χ4n) is 4.22. The Morgan fingerprint density at radius 3 is 2.85 bits per heavy atom. The van der Waals surface area contributed by atoms with Gasteiger partial charge in [0.15, 0.2) is 0 Å². The number of amides is 1. The van der Waals surface area contributed by atoms with Crippen LogP contribution in [0, 0.1) is 5.92 Å². The molecule has 3 atom stereocenters. The molecule has 2 fully saturated rings. The Kier molecular flexibility index (Phi) is 4.90. The largest absolute Gasteiger partial charge is 0.381 e. The molecular weight excluding hydrogens is 330 g/mol. The summed E-state index contributed by atoms with van der Waals surface area (Å²) in [6.45, 7) is 3.29. The lowest BCUT2D eigenvalue weighted by atomic mass is 9.89. The molecule has 0 radical (unpaired) electrons. The first-order valence-electron chi connectivity index (χ1n) is 8.97. The molecule has 0 unspecified atom stereocenters. The van der Waals surface area contributed by atoms with Crippen LogP contribution in [0.4, 0.5) is 0 Å². The van der Waals surface area contributed by atoms with Gasteiger partial charge in [-0.05, 0) is 18.1 Å². The van der Waals surface area contributed by atoms with Crippen LogP contribution in [0.25, 0.3) is 0 Å². The van der Waals surface area contributed by atoms with Crippen LogP contribution in [-0.4, -0.2) is 69.5 Å². The average Bonchev–Trinajstić information content (AvgIpc) is 3.11. The minimum absolute atomic E-state index is 0.0362. The van der Waals surface area contributed by atoms with E-state index in [0.717, 1.165) is 26.1 Å². The molecule has 0 aliphatic carbocycles. The maximum atomic E-state index is 13.0. The molecule has 4 heterocycles. The van der Waals surface area contributed by atoms with Crippen LogP contribution in [0.2, 0.25) is 0 Å². The average molecular weight is 353 g/mol. The van der Waals surface area contributed by atoms with Gasteiger partial charge in [-0.3, -0.25) is 19.7 Å². The predicted octanol–water partition coefficient (Wildman–Crippen LogP) is 1.23. The van der Waals surface area contributed by atoms with Crippen molar-refractivity contribution in [1.82, 2.24) is 24.8 Å². The Morgan fingerprint density at radius 1 is 1.23 bits per heavy atom. The molecule has 7 nitrogen and oxygen atoms in total. The molecule has 7 heteroatoms. The van der Waals surface area contributed by atoms with E-state index in [1.165, 1.54) is 5.56 Å². The summed E-state index contributed by atoms with van der Waals surface area (Å²) in [5, 5.41) is 0. The predicted molar refractivity (Wildman–Crippen MR) is 95.3 cm³/mol. The number of fused-ring (bicyclic) bond motifs is 1. The fraction of sp³-hybridized carbons (Fsp3) is 0.474.